The number of aryl methyl sites for hydroxylation is 1. The Bertz CT molecular complexity index is 1070. The highest BCUT2D eigenvalue weighted by atomic mass is 19.3. The van der Waals surface area contributed by atoms with Gasteiger partial charge in [0.05, 0.1) is 5.56 Å². The Morgan fingerprint density at radius 1 is 0.633 bits per heavy atom. The molecule has 3 aromatic rings. The van der Waals surface area contributed by atoms with Crippen LogP contribution in [0.2, 0.25) is 0 Å². The highest BCUT2D eigenvalue weighted by Gasteiger charge is 2.41. The summed E-state index contributed by atoms with van der Waals surface area (Å²) in [5.74, 6) is -13.2. The van der Waals surface area contributed by atoms with Crippen molar-refractivity contribution < 1.29 is 44.3 Å². The molecule has 0 N–H and O–H groups in total. The van der Waals surface area contributed by atoms with Crippen LogP contribution in [0.3, 0.4) is 0 Å². The molecule has 0 saturated carbocycles. The van der Waals surface area contributed by atoms with E-state index in [-0.39, 0.29) is 29.8 Å². The van der Waals surface area contributed by atoms with Gasteiger partial charge < -0.3 is 4.74 Å². The number of benzene rings is 3. The molecule has 1 nitrogen and oxygen atoms in total. The number of ether oxygens (including phenoxy) is 1. The molecule has 0 aromatic heterocycles. The lowest BCUT2D eigenvalue weighted by molar-refractivity contribution is -0.189. The summed E-state index contributed by atoms with van der Waals surface area (Å²) in [6.07, 6.45) is -4.81. The van der Waals surface area contributed by atoms with Crippen molar-refractivity contribution in [2.75, 3.05) is 0 Å². The summed E-state index contributed by atoms with van der Waals surface area (Å²) >= 11 is 0. The van der Waals surface area contributed by atoms with E-state index in [1.807, 2.05) is 0 Å². The molecule has 0 aliphatic rings. The minimum atomic E-state index is -4.81. The first kappa shape index (κ1) is 21.5. The van der Waals surface area contributed by atoms with Crippen LogP contribution in [0.4, 0.5) is 39.5 Å². The summed E-state index contributed by atoms with van der Waals surface area (Å²) in [7, 11) is 0. The summed E-state index contributed by atoms with van der Waals surface area (Å²) in [4.78, 5) is 0. The third kappa shape index (κ3) is 3.94. The van der Waals surface area contributed by atoms with Crippen molar-refractivity contribution in [3.05, 3.63) is 88.2 Å². The van der Waals surface area contributed by atoms with Gasteiger partial charge in [0, 0.05) is 12.1 Å². The fourth-order valence-corrected chi connectivity index (χ4v) is 2.76. The first-order valence-electron chi connectivity index (χ1n) is 8.07. The van der Waals surface area contributed by atoms with Crippen molar-refractivity contribution in [3.63, 3.8) is 0 Å². The van der Waals surface area contributed by atoms with E-state index in [0.29, 0.717) is 0 Å². The van der Waals surface area contributed by atoms with E-state index in [9.17, 15) is 39.5 Å². The molecule has 0 saturated heterocycles. The van der Waals surface area contributed by atoms with Crippen LogP contribution in [0.5, 0.6) is 5.75 Å². The molecule has 0 atom stereocenters. The number of halogens is 9. The van der Waals surface area contributed by atoms with Crippen molar-refractivity contribution in [1.29, 1.82) is 0 Å². The molecule has 10 heteroatoms. The number of alkyl halides is 2. The Balaban J connectivity index is 2.05. The lowest BCUT2D eigenvalue weighted by atomic mass is 10.00. The molecule has 0 amide bonds. The Kier molecular flexibility index (Phi) is 5.44. The minimum absolute atomic E-state index is 0.0492. The summed E-state index contributed by atoms with van der Waals surface area (Å²) in [5, 5.41) is 0. The van der Waals surface area contributed by atoms with Gasteiger partial charge in [-0.3, -0.25) is 0 Å². The zero-order valence-corrected chi connectivity index (χ0v) is 14.8. The van der Waals surface area contributed by atoms with Crippen LogP contribution in [-0.2, 0) is 6.11 Å². The smallest absolute Gasteiger partial charge is 0.429 e. The highest BCUT2D eigenvalue weighted by molar-refractivity contribution is 5.66. The van der Waals surface area contributed by atoms with Gasteiger partial charge in [-0.15, -0.1) is 0 Å². The van der Waals surface area contributed by atoms with Crippen LogP contribution >= 0.6 is 0 Å². The van der Waals surface area contributed by atoms with E-state index in [4.69, 9.17) is 0 Å². The summed E-state index contributed by atoms with van der Waals surface area (Å²) < 4.78 is 128. The number of hydrogen-bond donors (Lipinski definition) is 0. The van der Waals surface area contributed by atoms with Gasteiger partial charge in [0.2, 0.25) is 0 Å². The zero-order valence-electron chi connectivity index (χ0n) is 14.8. The molecule has 0 fully saturated rings. The lowest BCUT2D eigenvalue weighted by Crippen LogP contribution is -2.25. The van der Waals surface area contributed by atoms with E-state index in [0.717, 1.165) is 12.1 Å². The molecule has 0 radical (unpaired) electrons. The monoisotopic (exact) mass is 436 g/mol. The van der Waals surface area contributed by atoms with Crippen LogP contribution in [0, 0.1) is 47.6 Å². The third-order valence-corrected chi connectivity index (χ3v) is 4.01. The van der Waals surface area contributed by atoms with Gasteiger partial charge in [-0.1, -0.05) is 0 Å². The predicted octanol–water partition coefficient (Wildman–Crippen LogP) is 6.76. The van der Waals surface area contributed by atoms with Gasteiger partial charge in [-0.05, 0) is 42.3 Å². The molecule has 0 spiro atoms. The molecule has 0 unspecified atom stereocenters. The van der Waals surface area contributed by atoms with Gasteiger partial charge in [0.15, 0.2) is 17.5 Å². The summed E-state index contributed by atoms with van der Waals surface area (Å²) in [6.45, 7) is 1.36. The molecule has 0 heterocycles. The van der Waals surface area contributed by atoms with E-state index in [1.54, 1.807) is 0 Å². The van der Waals surface area contributed by atoms with Crippen LogP contribution in [-0.4, -0.2) is 0 Å². The second-order valence-electron chi connectivity index (χ2n) is 6.24. The molecule has 3 rings (SSSR count). The Morgan fingerprint density at radius 2 is 1.10 bits per heavy atom. The van der Waals surface area contributed by atoms with Crippen molar-refractivity contribution in [1.82, 2.24) is 0 Å². The fraction of sp³-hybridized carbons (Fsp3) is 0.100. The van der Waals surface area contributed by atoms with Gasteiger partial charge in [0.1, 0.15) is 34.6 Å². The van der Waals surface area contributed by atoms with Crippen molar-refractivity contribution in [2.45, 2.75) is 13.0 Å². The van der Waals surface area contributed by atoms with Gasteiger partial charge in [-0.2, -0.15) is 8.78 Å². The number of hydrogen-bond acceptors (Lipinski definition) is 1. The van der Waals surface area contributed by atoms with Gasteiger partial charge in [-0.25, -0.2) is 30.7 Å². The van der Waals surface area contributed by atoms with Crippen LogP contribution in [0.15, 0.2) is 36.4 Å². The van der Waals surface area contributed by atoms with Crippen LogP contribution in [0.25, 0.3) is 11.1 Å². The van der Waals surface area contributed by atoms with Gasteiger partial charge in [0.25, 0.3) is 0 Å². The number of rotatable bonds is 4. The summed E-state index contributed by atoms with van der Waals surface area (Å²) in [5.41, 5.74) is -3.37. The first-order valence-corrected chi connectivity index (χ1v) is 8.07. The second kappa shape index (κ2) is 7.58. The van der Waals surface area contributed by atoms with Gasteiger partial charge >= 0.3 is 6.11 Å². The molecular weight excluding hydrogens is 427 g/mol. The molecule has 0 aliphatic carbocycles. The first-order chi connectivity index (χ1) is 13.9. The molecule has 30 heavy (non-hydrogen) atoms. The molecule has 158 valence electrons. The highest BCUT2D eigenvalue weighted by Crippen LogP contribution is 2.38. The van der Waals surface area contributed by atoms with E-state index >= 15 is 0 Å². The molecule has 3 aromatic carbocycles. The minimum Gasteiger partial charge on any atom is -0.429 e. The quantitative estimate of drug-likeness (QED) is 0.324. The predicted molar refractivity (Wildman–Crippen MR) is 87.3 cm³/mol. The largest absolute Gasteiger partial charge is 0.432 e. The lowest BCUT2D eigenvalue weighted by Gasteiger charge is -2.20. The molecule has 0 bridgehead atoms. The van der Waals surface area contributed by atoms with Crippen molar-refractivity contribution in [2.24, 2.45) is 0 Å². The maximum absolute atomic E-state index is 14.3. The normalized spacial score (nSPS) is 11.7. The van der Waals surface area contributed by atoms with Crippen LogP contribution < -0.4 is 4.74 Å². The average Bonchev–Trinajstić information content (AvgIpc) is 2.57. The average molecular weight is 436 g/mol. The maximum atomic E-state index is 14.3. The van der Waals surface area contributed by atoms with Crippen molar-refractivity contribution in [3.8, 4) is 16.9 Å². The molecular formula is C20H9F9O. The van der Waals surface area contributed by atoms with Crippen LogP contribution in [0.1, 0.15) is 11.1 Å². The Morgan fingerprint density at radius 3 is 1.57 bits per heavy atom. The van der Waals surface area contributed by atoms with E-state index < -0.39 is 69.3 Å². The summed E-state index contributed by atoms with van der Waals surface area (Å²) in [6, 6.07) is 2.34. The molecule has 0 aliphatic heterocycles. The van der Waals surface area contributed by atoms with E-state index in [2.05, 4.69) is 4.74 Å². The van der Waals surface area contributed by atoms with Crippen molar-refractivity contribution >= 4 is 0 Å². The zero-order chi connectivity index (χ0) is 22.4. The second-order valence-corrected chi connectivity index (χ2v) is 6.24. The fourth-order valence-electron chi connectivity index (χ4n) is 2.76. The third-order valence-electron chi connectivity index (χ3n) is 4.01. The standard InChI is InChI=1S/C20H9F9O/c1-8-2-11(21)17(12(22)3-8)9-4-13(23)18(14(24)5-9)20(28,29)30-10-6-15(25)19(27)16(26)7-10/h2-7H,1H3. The topological polar surface area (TPSA) is 9.23 Å². The van der Waals surface area contributed by atoms with E-state index in [1.165, 1.54) is 6.92 Å². The SMILES string of the molecule is Cc1cc(F)c(-c2cc(F)c(C(F)(F)Oc3cc(F)c(F)c(F)c3)c(F)c2)c(F)c1. The maximum Gasteiger partial charge on any atom is 0.432 e. The Hall–Kier alpha value is -3.17. The Labute approximate surface area is 163 Å².